The predicted octanol–water partition coefficient (Wildman–Crippen LogP) is 34.1. The van der Waals surface area contributed by atoms with Gasteiger partial charge in [-0.3, -0.25) is 13.7 Å². The second-order valence-corrected chi connectivity index (χ2v) is 38.2. The molecule has 13 nitrogen and oxygen atoms in total. The highest BCUT2D eigenvalue weighted by Gasteiger charge is 2.28. The van der Waals surface area contributed by atoms with E-state index in [1.165, 1.54) is 124 Å². The van der Waals surface area contributed by atoms with Crippen molar-refractivity contribution in [3.63, 3.8) is 0 Å². The fraction of sp³-hybridized carbons (Fsp3) is 0. The largest absolute Gasteiger partial charge is 0.309 e. The molecule has 0 aliphatic carbocycles. The van der Waals surface area contributed by atoms with Gasteiger partial charge in [0.05, 0.1) is 117 Å². The Kier molecular flexibility index (Phi) is 19.1. The van der Waals surface area contributed by atoms with E-state index in [1.807, 2.05) is 66.9 Å². The van der Waals surface area contributed by atoms with Crippen LogP contribution in [-0.2, 0) is 0 Å². The van der Waals surface area contributed by atoms with Crippen LogP contribution in [0, 0.1) is 0 Å². The lowest BCUT2D eigenvalue weighted by Crippen LogP contribution is -2.03. The lowest BCUT2D eigenvalue weighted by molar-refractivity contribution is 1.01. The number of pyridine rings is 1. The van der Waals surface area contributed by atoms with Crippen molar-refractivity contribution in [3.05, 3.63) is 504 Å². The average molecular weight is 1890 g/mol. The third-order valence-electron chi connectivity index (χ3n) is 29.9. The fourth-order valence-corrected chi connectivity index (χ4v) is 23.2. The van der Waals surface area contributed by atoms with Crippen LogP contribution in [0.4, 0.5) is 0 Å². The molecule has 32 aromatic rings. The van der Waals surface area contributed by atoms with Gasteiger partial charge in [0.1, 0.15) is 5.82 Å². The zero-order chi connectivity index (χ0) is 97.1. The van der Waals surface area contributed by atoms with Gasteiger partial charge >= 0.3 is 0 Å². The zero-order valence-electron chi connectivity index (χ0n) is 79.7. The molecule has 0 amide bonds. The summed E-state index contributed by atoms with van der Waals surface area (Å²) in [6.07, 6.45) is 1.94. The Hall–Kier alpha value is -20.2. The molecular formula is C135H83N13. The van der Waals surface area contributed by atoms with Crippen LogP contribution < -0.4 is 0 Å². The summed E-state index contributed by atoms with van der Waals surface area (Å²) in [6, 6.07) is 177. The van der Waals surface area contributed by atoms with E-state index in [9.17, 15) is 0 Å². The number of benzene rings is 22. The quantitative estimate of drug-likeness (QED) is 0.134. The minimum atomic E-state index is 0.659. The maximum absolute atomic E-state index is 5.34. The summed E-state index contributed by atoms with van der Waals surface area (Å²) in [7, 11) is 0. The fourth-order valence-electron chi connectivity index (χ4n) is 23.2. The Labute approximate surface area is 846 Å². The van der Waals surface area contributed by atoms with Crippen LogP contribution in [0.15, 0.2) is 504 Å². The number of fused-ring (bicyclic) bond motifs is 26. The highest BCUT2D eigenvalue weighted by Crippen LogP contribution is 2.48. The number of para-hydroxylation sites is 9. The standard InChI is InChI=1S/C47H29N5.C46H28N4.C42H26N4/c1-3-14-31(15-4-1)45-46(50-40-21-11-10-20-39(40)49-45)32-24-26-44(48-29-32)52-41-22-12-9-19-35(41)37-27-38-36-25-23-30-13-7-8-18-34(30)47(36)51(42(38)28-43(37)52)33-16-5-2-6-17-33;1-2-14-30(15-3-1)45-35-21-8-10-22-39(35)47-46(48-45)50-41-23-11-9-20-34(41)37-27-38-36-25-31-16-4-5-17-32(31)26-42(36)49(43(38)28-44(37)50)40-24-12-18-29-13-6-7-19-33(29)40;1-3-13-27(14-4-1)41-32-20-9-11-21-36(32)43-42(44-41)46-37-22-12-10-19-31(37)34-25-35-33-23-28-15-7-8-16-29(28)24-38(33)45(39(35)26-40(34)46)30-17-5-2-6-18-30/h1-29H;1-28H;1-26H. The Morgan fingerprint density at radius 1 is 0.149 bits per heavy atom. The van der Waals surface area contributed by atoms with Crippen LogP contribution in [-0.4, -0.2) is 62.3 Å². The molecule has 0 atom stereocenters. The summed E-state index contributed by atoms with van der Waals surface area (Å²) < 4.78 is 14.1. The van der Waals surface area contributed by atoms with Gasteiger partial charge in [0, 0.05) is 126 Å². The highest BCUT2D eigenvalue weighted by molar-refractivity contribution is 6.26. The van der Waals surface area contributed by atoms with E-state index in [0.717, 1.165) is 150 Å². The summed E-state index contributed by atoms with van der Waals surface area (Å²) in [5, 5.41) is 26.4. The average Bonchev–Trinajstić information content (AvgIpc) is 1.55. The van der Waals surface area contributed by atoms with E-state index < -0.39 is 0 Å². The molecule has 0 saturated carbocycles. The summed E-state index contributed by atoms with van der Waals surface area (Å²) >= 11 is 0. The van der Waals surface area contributed by atoms with Crippen molar-refractivity contribution in [2.45, 2.75) is 0 Å². The van der Waals surface area contributed by atoms with Gasteiger partial charge in [0.15, 0.2) is 0 Å². The minimum Gasteiger partial charge on any atom is -0.309 e. The molecule has 0 aliphatic rings. The van der Waals surface area contributed by atoms with Gasteiger partial charge in [0.25, 0.3) is 0 Å². The lowest BCUT2D eigenvalue weighted by atomic mass is 10.0. The van der Waals surface area contributed by atoms with Crippen molar-refractivity contribution in [3.8, 4) is 79.8 Å². The first-order chi connectivity index (χ1) is 73.4. The molecule has 22 aromatic carbocycles. The van der Waals surface area contributed by atoms with E-state index in [4.69, 9.17) is 34.9 Å². The molecule has 10 aromatic heterocycles. The smallest absolute Gasteiger partial charge is 0.235 e. The van der Waals surface area contributed by atoms with Crippen molar-refractivity contribution in [2.75, 3.05) is 0 Å². The number of nitrogens with zero attached hydrogens (tertiary/aromatic N) is 13. The SMILES string of the molecule is c1ccc(-c2nc(-n3c4ccccc4c4cc5c6cc7ccccc7cc6n(-c6cccc7ccccc67)c5cc43)nc3ccccc23)cc1.c1ccc(-c2nc(-n3c4ccccc4c4cc5c6cc7ccccc7cc6n(-c6ccccc6)c5cc43)nc3ccccc23)cc1.c1ccc(-c2nc3ccccc3nc2-c2ccc(-n3c4ccccc4c4cc5c6ccc7ccccc7c6n(-c6ccccc6)c5cc43)nc2)cc1. The molecule has 32 rings (SSSR count). The van der Waals surface area contributed by atoms with Gasteiger partial charge in [-0.25, -0.2) is 34.9 Å². The number of aromatic nitrogens is 13. The highest BCUT2D eigenvalue weighted by atomic mass is 15.2. The van der Waals surface area contributed by atoms with Crippen molar-refractivity contribution in [1.82, 2.24) is 62.3 Å². The van der Waals surface area contributed by atoms with E-state index >= 15 is 0 Å². The molecule has 0 saturated heterocycles. The number of hydrogen-bond acceptors (Lipinski definition) is 7. The Morgan fingerprint density at radius 2 is 0.480 bits per heavy atom. The molecule has 0 aliphatic heterocycles. The van der Waals surface area contributed by atoms with Crippen LogP contribution in [0.1, 0.15) is 0 Å². The minimum absolute atomic E-state index is 0.659. The molecule has 0 radical (unpaired) electrons. The van der Waals surface area contributed by atoms with Gasteiger partial charge < -0.3 is 13.7 Å². The summed E-state index contributed by atoms with van der Waals surface area (Å²) in [5.74, 6) is 2.17. The van der Waals surface area contributed by atoms with Gasteiger partial charge in [0.2, 0.25) is 11.9 Å². The molecule has 688 valence electrons. The maximum atomic E-state index is 5.34. The first-order valence-corrected chi connectivity index (χ1v) is 50.1. The van der Waals surface area contributed by atoms with E-state index in [1.54, 1.807) is 0 Å². The lowest BCUT2D eigenvalue weighted by Gasteiger charge is -2.13. The zero-order valence-corrected chi connectivity index (χ0v) is 79.7. The maximum Gasteiger partial charge on any atom is 0.235 e. The van der Waals surface area contributed by atoms with Crippen molar-refractivity contribution >= 4 is 207 Å². The monoisotopic (exact) mass is 1890 g/mol. The third kappa shape index (κ3) is 13.4. The molecular weight excluding hydrogens is 1800 g/mol. The van der Waals surface area contributed by atoms with Crippen LogP contribution in [0.25, 0.3) is 287 Å². The molecule has 0 N–H and O–H groups in total. The normalized spacial score (nSPS) is 11.9. The molecule has 0 bridgehead atoms. The van der Waals surface area contributed by atoms with Crippen molar-refractivity contribution in [2.24, 2.45) is 0 Å². The van der Waals surface area contributed by atoms with Crippen LogP contribution in [0.2, 0.25) is 0 Å². The van der Waals surface area contributed by atoms with Gasteiger partial charge in [-0.2, -0.15) is 0 Å². The second kappa shape index (κ2) is 33.8. The molecule has 10 heterocycles. The van der Waals surface area contributed by atoms with Crippen LogP contribution in [0.3, 0.4) is 0 Å². The predicted molar refractivity (Wildman–Crippen MR) is 614 cm³/mol. The molecule has 0 fully saturated rings. The van der Waals surface area contributed by atoms with Gasteiger partial charge in [-0.15, -0.1) is 0 Å². The first-order valence-electron chi connectivity index (χ1n) is 50.1. The Balaban J connectivity index is 0.000000103. The third-order valence-corrected chi connectivity index (χ3v) is 29.9. The second-order valence-electron chi connectivity index (χ2n) is 38.2. The number of hydrogen-bond donors (Lipinski definition) is 0. The molecule has 148 heavy (non-hydrogen) atoms. The summed E-state index contributed by atoms with van der Waals surface area (Å²) in [4.78, 5) is 36.4. The van der Waals surface area contributed by atoms with Crippen molar-refractivity contribution in [1.29, 1.82) is 0 Å². The number of rotatable bonds is 10. The van der Waals surface area contributed by atoms with E-state index in [-0.39, 0.29) is 0 Å². The van der Waals surface area contributed by atoms with Crippen LogP contribution in [0.5, 0.6) is 0 Å². The molecule has 0 unspecified atom stereocenters. The molecule has 0 spiro atoms. The first kappa shape index (κ1) is 83.6. The van der Waals surface area contributed by atoms with E-state index in [2.05, 4.69) is 464 Å². The topological polar surface area (TPSA) is 120 Å². The summed E-state index contributed by atoms with van der Waals surface area (Å²) in [6.45, 7) is 0. The Morgan fingerprint density at radius 3 is 0.973 bits per heavy atom. The van der Waals surface area contributed by atoms with Gasteiger partial charge in [-0.1, -0.05) is 352 Å². The molecule has 13 heteroatoms. The van der Waals surface area contributed by atoms with Gasteiger partial charge in [-0.05, 0) is 178 Å². The van der Waals surface area contributed by atoms with E-state index in [0.29, 0.717) is 11.9 Å². The Bertz CT molecular complexity index is 11100. The summed E-state index contributed by atoms with van der Waals surface area (Å²) in [5.41, 5.74) is 28.2. The van der Waals surface area contributed by atoms with Crippen molar-refractivity contribution < 1.29 is 0 Å². The van der Waals surface area contributed by atoms with Crippen LogP contribution >= 0.6 is 0 Å².